The van der Waals surface area contributed by atoms with Crippen molar-refractivity contribution in [3.63, 3.8) is 0 Å². The van der Waals surface area contributed by atoms with Gasteiger partial charge in [-0.25, -0.2) is 4.98 Å². The summed E-state index contributed by atoms with van der Waals surface area (Å²) < 4.78 is 39.8. The highest BCUT2D eigenvalue weighted by molar-refractivity contribution is 5.80. The Labute approximate surface area is 117 Å². The molecule has 1 aromatic heterocycles. The van der Waals surface area contributed by atoms with E-state index in [-0.39, 0.29) is 23.4 Å². The lowest BCUT2D eigenvalue weighted by Gasteiger charge is -2.25. The molecule has 1 unspecified atom stereocenters. The minimum atomic E-state index is -4.41. The Morgan fingerprint density at radius 3 is 2.76 bits per heavy atom. The minimum Gasteiger partial charge on any atom is -0.369 e. The van der Waals surface area contributed by atoms with Crippen molar-refractivity contribution in [2.75, 3.05) is 12.3 Å². The van der Waals surface area contributed by atoms with Gasteiger partial charge in [-0.05, 0) is 24.6 Å². The van der Waals surface area contributed by atoms with E-state index < -0.39 is 11.7 Å². The first-order valence-electron chi connectivity index (χ1n) is 6.47. The van der Waals surface area contributed by atoms with Gasteiger partial charge in [-0.15, -0.1) is 0 Å². The van der Waals surface area contributed by atoms with Crippen molar-refractivity contribution >= 4 is 22.9 Å². The van der Waals surface area contributed by atoms with E-state index in [1.807, 2.05) is 0 Å². The molecule has 1 aromatic carbocycles. The van der Waals surface area contributed by atoms with Crippen LogP contribution in [0.3, 0.4) is 0 Å². The number of hydrogen-bond acceptors (Lipinski definition) is 3. The molecule has 1 atom stereocenters. The Kier molecular flexibility index (Phi) is 3.03. The smallest absolute Gasteiger partial charge is 0.369 e. The molecule has 112 valence electrons. The summed E-state index contributed by atoms with van der Waals surface area (Å²) in [5.74, 6) is 0.124. The molecular formula is C13H13F3N4O. The molecule has 0 spiro atoms. The van der Waals surface area contributed by atoms with Gasteiger partial charge in [0.2, 0.25) is 11.9 Å². The third-order valence-corrected chi connectivity index (χ3v) is 3.65. The Balaban J connectivity index is 2.04. The second-order valence-corrected chi connectivity index (χ2v) is 5.04. The zero-order valence-corrected chi connectivity index (χ0v) is 10.9. The summed E-state index contributed by atoms with van der Waals surface area (Å²) in [6, 6.07) is 3.28. The average molecular weight is 298 g/mol. The second-order valence-electron chi connectivity index (χ2n) is 5.04. The van der Waals surface area contributed by atoms with Gasteiger partial charge in [0, 0.05) is 13.0 Å². The lowest BCUT2D eigenvalue weighted by Crippen LogP contribution is -2.36. The highest BCUT2D eigenvalue weighted by atomic mass is 19.4. The SMILES string of the molecule is Nc1nc2cc(C(F)(F)F)ccc2n1C1CCC(=O)NC1. The highest BCUT2D eigenvalue weighted by Gasteiger charge is 2.31. The molecule has 0 saturated carbocycles. The van der Waals surface area contributed by atoms with E-state index in [2.05, 4.69) is 10.3 Å². The van der Waals surface area contributed by atoms with Crippen molar-refractivity contribution in [2.45, 2.75) is 25.1 Å². The number of amides is 1. The molecule has 3 N–H and O–H groups in total. The van der Waals surface area contributed by atoms with Crippen LogP contribution < -0.4 is 11.1 Å². The van der Waals surface area contributed by atoms with Crippen molar-refractivity contribution in [2.24, 2.45) is 0 Å². The largest absolute Gasteiger partial charge is 0.416 e. The van der Waals surface area contributed by atoms with Gasteiger partial charge in [0.25, 0.3) is 0 Å². The number of halogens is 3. The molecule has 2 aromatic rings. The molecule has 21 heavy (non-hydrogen) atoms. The topological polar surface area (TPSA) is 72.9 Å². The van der Waals surface area contributed by atoms with Crippen LogP contribution in [-0.4, -0.2) is 22.0 Å². The molecule has 5 nitrogen and oxygen atoms in total. The summed E-state index contributed by atoms with van der Waals surface area (Å²) in [6.45, 7) is 0.398. The van der Waals surface area contributed by atoms with Crippen LogP contribution in [0, 0.1) is 0 Å². The summed E-state index contributed by atoms with van der Waals surface area (Å²) in [7, 11) is 0. The summed E-state index contributed by atoms with van der Waals surface area (Å²) in [6.07, 6.45) is -3.46. The molecule has 0 radical (unpaired) electrons. The Morgan fingerprint density at radius 1 is 1.38 bits per heavy atom. The Morgan fingerprint density at radius 2 is 2.14 bits per heavy atom. The number of piperidine rings is 1. The quantitative estimate of drug-likeness (QED) is 0.846. The fraction of sp³-hybridized carbons (Fsp3) is 0.385. The number of fused-ring (bicyclic) bond motifs is 1. The molecular weight excluding hydrogens is 285 g/mol. The number of imidazole rings is 1. The first kappa shape index (κ1) is 13.7. The highest BCUT2D eigenvalue weighted by Crippen LogP contribution is 2.33. The molecule has 0 bridgehead atoms. The van der Waals surface area contributed by atoms with Crippen LogP contribution in [0.15, 0.2) is 18.2 Å². The van der Waals surface area contributed by atoms with Crippen LogP contribution in [0.25, 0.3) is 11.0 Å². The number of anilines is 1. The summed E-state index contributed by atoms with van der Waals surface area (Å²) in [5.41, 5.74) is 5.83. The minimum absolute atomic E-state index is 0.0337. The first-order chi connectivity index (χ1) is 9.86. The van der Waals surface area contributed by atoms with E-state index in [0.717, 1.165) is 12.1 Å². The van der Waals surface area contributed by atoms with Gasteiger partial charge in [-0.1, -0.05) is 0 Å². The van der Waals surface area contributed by atoms with Crippen LogP contribution in [-0.2, 0) is 11.0 Å². The van der Waals surface area contributed by atoms with Gasteiger partial charge in [0.05, 0.1) is 22.6 Å². The number of aromatic nitrogens is 2. The summed E-state index contributed by atoms with van der Waals surface area (Å²) in [5, 5.41) is 2.72. The normalized spacial score (nSPS) is 19.8. The predicted molar refractivity (Wildman–Crippen MR) is 70.4 cm³/mol. The lowest BCUT2D eigenvalue weighted by atomic mass is 10.1. The summed E-state index contributed by atoms with van der Waals surface area (Å²) >= 11 is 0. The van der Waals surface area contributed by atoms with Crippen molar-refractivity contribution < 1.29 is 18.0 Å². The first-order valence-corrected chi connectivity index (χ1v) is 6.47. The summed E-state index contributed by atoms with van der Waals surface area (Å²) in [4.78, 5) is 15.2. The maximum Gasteiger partial charge on any atom is 0.416 e. The van der Waals surface area contributed by atoms with Crippen LogP contribution >= 0.6 is 0 Å². The zero-order valence-electron chi connectivity index (χ0n) is 10.9. The molecule has 1 aliphatic rings. The van der Waals surface area contributed by atoms with Crippen molar-refractivity contribution in [3.8, 4) is 0 Å². The Bertz CT molecular complexity index is 697. The number of rotatable bonds is 1. The monoisotopic (exact) mass is 298 g/mol. The van der Waals surface area contributed by atoms with E-state index in [9.17, 15) is 18.0 Å². The van der Waals surface area contributed by atoms with Gasteiger partial charge >= 0.3 is 6.18 Å². The second kappa shape index (κ2) is 4.64. The zero-order chi connectivity index (χ0) is 15.2. The standard InChI is InChI=1S/C13H13F3N4O/c14-13(15,16)7-1-3-10-9(5-7)19-12(17)20(10)8-2-4-11(21)18-6-8/h1,3,5,8H,2,4,6H2,(H2,17,19)(H,18,21). The van der Waals surface area contributed by atoms with Crippen molar-refractivity contribution in [1.82, 2.24) is 14.9 Å². The average Bonchev–Trinajstić information content (AvgIpc) is 2.74. The van der Waals surface area contributed by atoms with Crippen LogP contribution in [0.5, 0.6) is 0 Å². The van der Waals surface area contributed by atoms with E-state index in [1.165, 1.54) is 6.07 Å². The number of nitrogen functional groups attached to an aromatic ring is 1. The van der Waals surface area contributed by atoms with Gasteiger partial charge in [0.15, 0.2) is 0 Å². The molecule has 1 fully saturated rings. The maximum absolute atomic E-state index is 12.7. The molecule has 1 aliphatic heterocycles. The van der Waals surface area contributed by atoms with Crippen LogP contribution in [0.1, 0.15) is 24.4 Å². The lowest BCUT2D eigenvalue weighted by molar-refractivity contribution is -0.137. The fourth-order valence-corrected chi connectivity index (χ4v) is 2.62. The van der Waals surface area contributed by atoms with Gasteiger partial charge in [-0.2, -0.15) is 13.2 Å². The molecule has 2 heterocycles. The number of nitrogens with one attached hydrogen (secondary N) is 1. The third kappa shape index (κ3) is 2.41. The third-order valence-electron chi connectivity index (χ3n) is 3.65. The van der Waals surface area contributed by atoms with Gasteiger partial charge in [0.1, 0.15) is 0 Å². The molecule has 1 amide bonds. The maximum atomic E-state index is 12.7. The van der Waals surface area contributed by atoms with E-state index in [4.69, 9.17) is 5.73 Å². The van der Waals surface area contributed by atoms with Crippen molar-refractivity contribution in [3.05, 3.63) is 23.8 Å². The van der Waals surface area contributed by atoms with Crippen LogP contribution in [0.2, 0.25) is 0 Å². The van der Waals surface area contributed by atoms with Gasteiger partial charge in [-0.3, -0.25) is 4.79 Å². The number of benzene rings is 1. The van der Waals surface area contributed by atoms with Crippen molar-refractivity contribution in [1.29, 1.82) is 0 Å². The molecule has 8 heteroatoms. The number of alkyl halides is 3. The predicted octanol–water partition coefficient (Wildman–Crippen LogP) is 2.09. The molecule has 1 saturated heterocycles. The van der Waals surface area contributed by atoms with E-state index in [1.54, 1.807) is 4.57 Å². The molecule has 0 aliphatic carbocycles. The van der Waals surface area contributed by atoms with Gasteiger partial charge < -0.3 is 15.6 Å². The number of carbonyl (C=O) groups excluding carboxylic acids is 1. The number of nitrogens with zero attached hydrogens (tertiary/aromatic N) is 2. The number of hydrogen-bond donors (Lipinski definition) is 2. The Hall–Kier alpha value is -2.25. The number of nitrogens with two attached hydrogens (primary N) is 1. The van der Waals surface area contributed by atoms with E-state index >= 15 is 0 Å². The van der Waals surface area contributed by atoms with E-state index in [0.29, 0.717) is 24.9 Å². The molecule has 3 rings (SSSR count). The fourth-order valence-electron chi connectivity index (χ4n) is 2.62. The number of carbonyl (C=O) groups is 1. The van der Waals surface area contributed by atoms with Crippen LogP contribution in [0.4, 0.5) is 19.1 Å².